The summed E-state index contributed by atoms with van der Waals surface area (Å²) >= 11 is 0. The number of carbonyl (C=O) groups excluding carboxylic acids is 1. The summed E-state index contributed by atoms with van der Waals surface area (Å²) in [6.45, 7) is 7.69. The summed E-state index contributed by atoms with van der Waals surface area (Å²) in [4.78, 5) is 39.7. The van der Waals surface area contributed by atoms with Crippen molar-refractivity contribution >= 4 is 11.6 Å². The van der Waals surface area contributed by atoms with Crippen LogP contribution in [0.15, 0.2) is 23.3 Å². The topological polar surface area (TPSA) is 91.0 Å². The molecule has 31 heavy (non-hydrogen) atoms. The minimum atomic E-state index is -0.473. The molecule has 0 saturated heterocycles. The summed E-state index contributed by atoms with van der Waals surface area (Å²) in [7, 11) is 0. The molecular formula is C24H33N5O2. The van der Waals surface area contributed by atoms with E-state index in [1.165, 1.54) is 19.3 Å². The smallest absolute Gasteiger partial charge is 0.255 e. The van der Waals surface area contributed by atoms with Crippen LogP contribution in [0.4, 0.5) is 5.69 Å². The first-order chi connectivity index (χ1) is 14.8. The highest BCUT2D eigenvalue weighted by molar-refractivity contribution is 5.95. The van der Waals surface area contributed by atoms with Crippen molar-refractivity contribution < 1.29 is 4.79 Å². The molecule has 2 aromatic heterocycles. The monoisotopic (exact) mass is 423 g/mol. The molecule has 3 heterocycles. The fourth-order valence-corrected chi connectivity index (χ4v) is 4.43. The molecule has 7 heteroatoms. The van der Waals surface area contributed by atoms with Gasteiger partial charge in [0, 0.05) is 61.0 Å². The molecule has 2 aromatic rings. The Morgan fingerprint density at radius 3 is 2.77 bits per heavy atom. The third kappa shape index (κ3) is 5.03. The third-order valence-electron chi connectivity index (χ3n) is 6.38. The third-order valence-corrected chi connectivity index (χ3v) is 6.38. The van der Waals surface area contributed by atoms with Crippen molar-refractivity contribution in [2.45, 2.75) is 78.3 Å². The van der Waals surface area contributed by atoms with Crippen molar-refractivity contribution in [3.8, 4) is 0 Å². The lowest BCUT2D eigenvalue weighted by Crippen LogP contribution is -2.36. The number of rotatable bonds is 4. The fourth-order valence-electron chi connectivity index (χ4n) is 4.43. The average Bonchev–Trinajstić information content (AvgIpc) is 2.75. The fraction of sp³-hybridized carbons (Fsp3) is 0.583. The van der Waals surface area contributed by atoms with Crippen LogP contribution in [-0.2, 0) is 24.3 Å². The second-order valence-corrected chi connectivity index (χ2v) is 9.91. The predicted octanol–water partition coefficient (Wildman–Crippen LogP) is 3.76. The number of aromatic nitrogens is 3. The summed E-state index contributed by atoms with van der Waals surface area (Å²) in [5.74, 6) is 1.25. The van der Waals surface area contributed by atoms with Gasteiger partial charge in [-0.25, -0.2) is 4.98 Å². The number of nitrogens with one attached hydrogen (secondary N) is 2. The number of H-pyrrole nitrogens is 1. The second kappa shape index (κ2) is 8.91. The molecule has 166 valence electrons. The molecule has 2 N–H and O–H groups in total. The van der Waals surface area contributed by atoms with E-state index in [0.717, 1.165) is 54.1 Å². The predicted molar refractivity (Wildman–Crippen MR) is 121 cm³/mol. The molecular weight excluding hydrogens is 390 g/mol. The first kappa shape index (κ1) is 21.7. The number of amides is 1. The van der Waals surface area contributed by atoms with Gasteiger partial charge in [-0.3, -0.25) is 19.5 Å². The van der Waals surface area contributed by atoms with Gasteiger partial charge in [-0.1, -0.05) is 40.0 Å². The molecule has 2 aliphatic rings. The molecule has 1 saturated carbocycles. The molecule has 0 atom stereocenters. The van der Waals surface area contributed by atoms with E-state index in [9.17, 15) is 9.59 Å². The number of anilines is 1. The van der Waals surface area contributed by atoms with Crippen LogP contribution in [0.2, 0.25) is 0 Å². The van der Waals surface area contributed by atoms with E-state index < -0.39 is 5.41 Å². The van der Waals surface area contributed by atoms with Gasteiger partial charge in [0.25, 0.3) is 5.56 Å². The molecule has 4 rings (SSSR count). The van der Waals surface area contributed by atoms with Gasteiger partial charge in [0.1, 0.15) is 5.82 Å². The van der Waals surface area contributed by atoms with Crippen molar-refractivity contribution in [1.29, 1.82) is 0 Å². The molecule has 0 radical (unpaired) electrons. The lowest BCUT2D eigenvalue weighted by Gasteiger charge is -2.29. The minimum absolute atomic E-state index is 0.00252. The van der Waals surface area contributed by atoms with Crippen LogP contribution in [0.25, 0.3) is 0 Å². The van der Waals surface area contributed by atoms with Crippen LogP contribution in [0.3, 0.4) is 0 Å². The normalized spacial score (nSPS) is 17.9. The van der Waals surface area contributed by atoms with E-state index in [0.29, 0.717) is 19.0 Å². The lowest BCUT2D eigenvalue weighted by molar-refractivity contribution is -0.123. The van der Waals surface area contributed by atoms with Gasteiger partial charge in [-0.05, 0) is 18.9 Å². The van der Waals surface area contributed by atoms with E-state index in [-0.39, 0.29) is 11.5 Å². The molecule has 0 aromatic carbocycles. The maximum atomic E-state index is 12.9. The van der Waals surface area contributed by atoms with Gasteiger partial charge in [-0.2, -0.15) is 0 Å². The maximum absolute atomic E-state index is 12.9. The van der Waals surface area contributed by atoms with Crippen molar-refractivity contribution in [3.05, 3.63) is 51.5 Å². The molecule has 1 aliphatic heterocycles. The molecule has 1 fully saturated rings. The SMILES string of the molecule is CC(C)(C)C(=O)Nc1ccncc1CN1CCc2nc(C3CCCCC3)[nH]c(=O)c2C1. The van der Waals surface area contributed by atoms with Gasteiger partial charge in [0.15, 0.2) is 0 Å². The van der Waals surface area contributed by atoms with Crippen molar-refractivity contribution in [3.63, 3.8) is 0 Å². The first-order valence-electron chi connectivity index (χ1n) is 11.4. The molecule has 7 nitrogen and oxygen atoms in total. The van der Waals surface area contributed by atoms with E-state index in [1.54, 1.807) is 12.4 Å². The van der Waals surface area contributed by atoms with Crippen LogP contribution in [0.1, 0.15) is 81.4 Å². The highest BCUT2D eigenvalue weighted by Gasteiger charge is 2.26. The Hall–Kier alpha value is -2.54. The number of fused-ring (bicyclic) bond motifs is 1. The van der Waals surface area contributed by atoms with Gasteiger partial charge in [-0.15, -0.1) is 0 Å². The van der Waals surface area contributed by atoms with Crippen LogP contribution in [-0.4, -0.2) is 32.3 Å². The van der Waals surface area contributed by atoms with E-state index >= 15 is 0 Å². The Morgan fingerprint density at radius 1 is 1.26 bits per heavy atom. The highest BCUT2D eigenvalue weighted by atomic mass is 16.2. The van der Waals surface area contributed by atoms with Crippen LogP contribution < -0.4 is 10.9 Å². The Morgan fingerprint density at radius 2 is 2.03 bits per heavy atom. The Bertz CT molecular complexity index is 1000. The van der Waals surface area contributed by atoms with Gasteiger partial charge < -0.3 is 10.3 Å². The van der Waals surface area contributed by atoms with Crippen molar-refractivity contribution in [2.24, 2.45) is 5.41 Å². The van der Waals surface area contributed by atoms with Crippen LogP contribution >= 0.6 is 0 Å². The Labute approximate surface area is 183 Å². The van der Waals surface area contributed by atoms with Crippen LogP contribution in [0.5, 0.6) is 0 Å². The number of hydrogen-bond donors (Lipinski definition) is 2. The highest BCUT2D eigenvalue weighted by Crippen LogP contribution is 2.31. The van der Waals surface area contributed by atoms with Crippen LogP contribution in [0, 0.1) is 5.41 Å². The zero-order chi connectivity index (χ0) is 22.0. The summed E-state index contributed by atoms with van der Waals surface area (Å²) in [5, 5.41) is 3.03. The number of aromatic amines is 1. The standard InChI is InChI=1S/C24H33N5O2/c1-24(2,3)23(31)27-19-9-11-25-13-17(19)14-29-12-10-20-18(15-29)22(30)28-21(26-20)16-7-5-4-6-8-16/h9,11,13,16H,4-8,10,12,14-15H2,1-3H3,(H,25,27,31)(H,26,28,30). The zero-order valence-corrected chi connectivity index (χ0v) is 18.8. The van der Waals surface area contributed by atoms with Gasteiger partial charge in [0.05, 0.1) is 11.3 Å². The zero-order valence-electron chi connectivity index (χ0n) is 18.8. The van der Waals surface area contributed by atoms with Crippen molar-refractivity contribution in [1.82, 2.24) is 19.9 Å². The summed E-state index contributed by atoms with van der Waals surface area (Å²) in [6.07, 6.45) is 10.2. The van der Waals surface area contributed by atoms with Crippen molar-refractivity contribution in [2.75, 3.05) is 11.9 Å². The lowest BCUT2D eigenvalue weighted by atomic mass is 9.88. The summed E-state index contributed by atoms with van der Waals surface area (Å²) in [6, 6.07) is 1.83. The summed E-state index contributed by atoms with van der Waals surface area (Å²) in [5.41, 5.74) is 2.98. The number of nitrogens with zero attached hydrogens (tertiary/aromatic N) is 3. The maximum Gasteiger partial charge on any atom is 0.255 e. The molecule has 1 amide bonds. The van der Waals surface area contributed by atoms with E-state index in [1.807, 2.05) is 26.8 Å². The van der Waals surface area contributed by atoms with Gasteiger partial charge in [0.2, 0.25) is 5.91 Å². The second-order valence-electron chi connectivity index (χ2n) is 9.91. The molecule has 1 aliphatic carbocycles. The summed E-state index contributed by atoms with van der Waals surface area (Å²) < 4.78 is 0. The Balaban J connectivity index is 1.49. The van der Waals surface area contributed by atoms with Gasteiger partial charge >= 0.3 is 0 Å². The molecule has 0 bridgehead atoms. The quantitative estimate of drug-likeness (QED) is 0.781. The number of carbonyl (C=O) groups is 1. The first-order valence-corrected chi connectivity index (χ1v) is 11.4. The largest absolute Gasteiger partial charge is 0.325 e. The minimum Gasteiger partial charge on any atom is -0.325 e. The molecule has 0 unspecified atom stereocenters. The molecule has 0 spiro atoms. The number of hydrogen-bond acceptors (Lipinski definition) is 5. The van der Waals surface area contributed by atoms with E-state index in [4.69, 9.17) is 4.98 Å². The Kier molecular flexibility index (Phi) is 6.23. The number of pyridine rings is 1. The van der Waals surface area contributed by atoms with E-state index in [2.05, 4.69) is 20.2 Å². The average molecular weight is 424 g/mol.